The quantitative estimate of drug-likeness (QED) is 0.704. The first-order valence-corrected chi connectivity index (χ1v) is 9.04. The summed E-state index contributed by atoms with van der Waals surface area (Å²) < 4.78 is 30.1. The predicted molar refractivity (Wildman–Crippen MR) is 90.5 cm³/mol. The summed E-state index contributed by atoms with van der Waals surface area (Å²) in [6, 6.07) is 11.2. The zero-order valence-corrected chi connectivity index (χ0v) is 14.1. The van der Waals surface area contributed by atoms with Gasteiger partial charge in [-0.3, -0.25) is 0 Å². The zero-order chi connectivity index (χ0) is 15.9. The molecule has 0 amide bonds. The van der Waals surface area contributed by atoms with Gasteiger partial charge in [0.1, 0.15) is 0 Å². The van der Waals surface area contributed by atoms with Crippen LogP contribution in [-0.2, 0) is 10.0 Å². The molecule has 2 aromatic carbocycles. The van der Waals surface area contributed by atoms with Crippen molar-refractivity contribution in [3.05, 3.63) is 57.8 Å². The molecular formula is C16H15N2O2S2-. The third-order valence-corrected chi connectivity index (χ3v) is 5.96. The summed E-state index contributed by atoms with van der Waals surface area (Å²) in [7, 11) is -3.77. The maximum absolute atomic E-state index is 12.6. The van der Waals surface area contributed by atoms with Crippen molar-refractivity contribution >= 4 is 36.7 Å². The van der Waals surface area contributed by atoms with Gasteiger partial charge in [0, 0.05) is 9.83 Å². The van der Waals surface area contributed by atoms with E-state index in [1.54, 1.807) is 13.8 Å². The average Bonchev–Trinajstić information content (AvgIpc) is 2.77. The van der Waals surface area contributed by atoms with E-state index in [0.29, 0.717) is 11.1 Å². The van der Waals surface area contributed by atoms with Gasteiger partial charge >= 0.3 is 0 Å². The Morgan fingerprint density at radius 3 is 2.32 bits per heavy atom. The SMILES string of the molecule is Cc1cc(C)c(S(=O)(=O)[N-]c2nc3ccccc3s2)c(C)c1. The van der Waals surface area contributed by atoms with Crippen molar-refractivity contribution in [1.82, 2.24) is 4.98 Å². The lowest BCUT2D eigenvalue weighted by Crippen LogP contribution is -2.03. The van der Waals surface area contributed by atoms with E-state index in [-0.39, 0.29) is 10.0 Å². The smallest absolute Gasteiger partial charge is 0.203 e. The second-order valence-electron chi connectivity index (χ2n) is 5.26. The number of thiazole rings is 1. The highest BCUT2D eigenvalue weighted by molar-refractivity contribution is 7.94. The molecule has 0 saturated heterocycles. The second kappa shape index (κ2) is 5.37. The van der Waals surface area contributed by atoms with Gasteiger partial charge in [-0.2, -0.15) is 0 Å². The minimum absolute atomic E-state index is 0.264. The lowest BCUT2D eigenvalue weighted by molar-refractivity contribution is 0.602. The fourth-order valence-electron chi connectivity index (χ4n) is 2.62. The normalized spacial score (nSPS) is 11.8. The monoisotopic (exact) mass is 331 g/mol. The van der Waals surface area contributed by atoms with Gasteiger partial charge in [0.2, 0.25) is 10.0 Å². The van der Waals surface area contributed by atoms with E-state index >= 15 is 0 Å². The van der Waals surface area contributed by atoms with E-state index < -0.39 is 10.0 Å². The molecule has 0 atom stereocenters. The summed E-state index contributed by atoms with van der Waals surface area (Å²) in [5.41, 5.74) is 3.22. The molecule has 0 aliphatic carbocycles. The molecule has 0 aliphatic heterocycles. The highest BCUT2D eigenvalue weighted by Gasteiger charge is 2.17. The molecule has 0 unspecified atom stereocenters. The Morgan fingerprint density at radius 2 is 1.68 bits per heavy atom. The fourth-order valence-corrected chi connectivity index (χ4v) is 5.04. The van der Waals surface area contributed by atoms with Crippen LogP contribution in [0.25, 0.3) is 14.9 Å². The Hall–Kier alpha value is -1.92. The number of hydrogen-bond acceptors (Lipinski definition) is 4. The topological polar surface area (TPSA) is 61.1 Å². The molecular weight excluding hydrogens is 316 g/mol. The van der Waals surface area contributed by atoms with Crippen LogP contribution in [0.4, 0.5) is 5.13 Å². The Kier molecular flexibility index (Phi) is 3.66. The highest BCUT2D eigenvalue weighted by atomic mass is 32.2. The van der Waals surface area contributed by atoms with E-state index in [4.69, 9.17) is 0 Å². The zero-order valence-electron chi connectivity index (χ0n) is 12.5. The van der Waals surface area contributed by atoms with Gasteiger partial charge in [-0.25, -0.2) is 8.42 Å². The first-order chi connectivity index (χ1) is 10.4. The largest absolute Gasteiger partial charge is 0.426 e. The van der Waals surface area contributed by atoms with E-state index in [1.165, 1.54) is 11.3 Å². The third-order valence-electron chi connectivity index (χ3n) is 3.34. The number of hydrogen-bond donors (Lipinski definition) is 0. The maximum atomic E-state index is 12.6. The van der Waals surface area contributed by atoms with E-state index in [2.05, 4.69) is 9.71 Å². The van der Waals surface area contributed by atoms with Crippen LogP contribution in [0.2, 0.25) is 0 Å². The number of aromatic nitrogens is 1. The molecule has 22 heavy (non-hydrogen) atoms. The number of benzene rings is 2. The standard InChI is InChI=1S/C16H15N2O2S2/c1-10-8-11(2)15(12(3)9-10)22(19,20)18-16-17-13-6-4-5-7-14(13)21-16/h4-9H,1-3H3/q-1. The van der Waals surface area contributed by atoms with Crippen molar-refractivity contribution in [3.63, 3.8) is 0 Å². The van der Waals surface area contributed by atoms with Crippen LogP contribution < -0.4 is 0 Å². The molecule has 1 aromatic heterocycles. The number of para-hydroxylation sites is 1. The number of sulfonamides is 1. The van der Waals surface area contributed by atoms with Crippen molar-refractivity contribution in [2.45, 2.75) is 25.7 Å². The summed E-state index contributed by atoms with van der Waals surface area (Å²) >= 11 is 1.28. The van der Waals surface area contributed by atoms with Crippen LogP contribution in [0.1, 0.15) is 16.7 Å². The minimum atomic E-state index is -3.77. The summed E-state index contributed by atoms with van der Waals surface area (Å²) in [6.45, 7) is 5.53. The molecule has 0 spiro atoms. The molecule has 0 radical (unpaired) electrons. The molecule has 6 heteroatoms. The van der Waals surface area contributed by atoms with E-state index in [0.717, 1.165) is 15.8 Å². The Balaban J connectivity index is 2.04. The van der Waals surface area contributed by atoms with Gasteiger partial charge in [0.05, 0.1) is 4.90 Å². The highest BCUT2D eigenvalue weighted by Crippen LogP contribution is 2.36. The predicted octanol–water partition coefficient (Wildman–Crippen LogP) is 4.62. The van der Waals surface area contributed by atoms with Gasteiger partial charge in [-0.15, -0.1) is 11.3 Å². The molecule has 0 bridgehead atoms. The second-order valence-corrected chi connectivity index (χ2v) is 7.81. The van der Waals surface area contributed by atoms with Crippen molar-refractivity contribution < 1.29 is 8.42 Å². The Labute approximate surface area is 133 Å². The van der Waals surface area contributed by atoms with Gasteiger partial charge in [0.15, 0.2) is 0 Å². The lowest BCUT2D eigenvalue weighted by Gasteiger charge is -2.16. The molecule has 1 heterocycles. The van der Waals surface area contributed by atoms with Crippen LogP contribution in [0, 0.1) is 20.8 Å². The van der Waals surface area contributed by atoms with Crippen LogP contribution in [0.15, 0.2) is 41.3 Å². The number of aryl methyl sites for hydroxylation is 3. The first kappa shape index (κ1) is 15.0. The van der Waals surface area contributed by atoms with Crippen molar-refractivity contribution in [1.29, 1.82) is 0 Å². The van der Waals surface area contributed by atoms with Crippen LogP contribution in [0.3, 0.4) is 0 Å². The average molecular weight is 331 g/mol. The number of nitrogens with zero attached hydrogens (tertiary/aromatic N) is 2. The Bertz CT molecular complexity index is 903. The third kappa shape index (κ3) is 2.71. The minimum Gasteiger partial charge on any atom is -0.426 e. The van der Waals surface area contributed by atoms with E-state index in [1.807, 2.05) is 43.3 Å². The summed E-state index contributed by atoms with van der Waals surface area (Å²) in [4.78, 5) is 4.55. The fraction of sp³-hybridized carbons (Fsp3) is 0.188. The summed E-state index contributed by atoms with van der Waals surface area (Å²) in [6.07, 6.45) is 0. The van der Waals surface area contributed by atoms with Gasteiger partial charge in [-0.05, 0) is 43.5 Å². The summed E-state index contributed by atoms with van der Waals surface area (Å²) in [5.74, 6) is 0. The molecule has 0 fully saturated rings. The molecule has 3 aromatic rings. The van der Waals surface area contributed by atoms with Gasteiger partial charge in [0.25, 0.3) is 0 Å². The van der Waals surface area contributed by atoms with Crippen LogP contribution in [0.5, 0.6) is 0 Å². The van der Waals surface area contributed by atoms with Crippen molar-refractivity contribution in [3.8, 4) is 0 Å². The molecule has 0 saturated carbocycles. The van der Waals surface area contributed by atoms with Crippen LogP contribution >= 0.6 is 11.3 Å². The van der Waals surface area contributed by atoms with Gasteiger partial charge in [-0.1, -0.05) is 35.9 Å². The lowest BCUT2D eigenvalue weighted by atomic mass is 10.1. The summed E-state index contributed by atoms with van der Waals surface area (Å²) in [5, 5.41) is 0.264. The first-order valence-electron chi connectivity index (χ1n) is 6.78. The number of rotatable bonds is 3. The van der Waals surface area contributed by atoms with E-state index in [9.17, 15) is 8.42 Å². The molecule has 0 aliphatic rings. The molecule has 0 N–H and O–H groups in total. The Morgan fingerprint density at radius 1 is 1.05 bits per heavy atom. The molecule has 4 nitrogen and oxygen atoms in total. The van der Waals surface area contributed by atoms with Crippen LogP contribution in [-0.4, -0.2) is 13.4 Å². The molecule has 114 valence electrons. The molecule has 3 rings (SSSR count). The van der Waals surface area contributed by atoms with Crippen molar-refractivity contribution in [2.24, 2.45) is 0 Å². The van der Waals surface area contributed by atoms with Crippen molar-refractivity contribution in [2.75, 3.05) is 0 Å². The number of fused-ring (bicyclic) bond motifs is 1. The maximum Gasteiger partial charge on any atom is 0.203 e. The van der Waals surface area contributed by atoms with Gasteiger partial charge < -0.3 is 9.71 Å².